The Labute approximate surface area is 463 Å². The molecule has 36 nitrogen and oxygen atoms in total. The van der Waals surface area contributed by atoms with Crippen LogP contribution in [0.4, 0.5) is 0 Å². The van der Waals surface area contributed by atoms with Gasteiger partial charge in [-0.15, -0.1) is 0 Å². The van der Waals surface area contributed by atoms with Gasteiger partial charge in [-0.1, -0.05) is 26.2 Å². The zero-order chi connectivity index (χ0) is 65.3. The van der Waals surface area contributed by atoms with E-state index in [0.717, 1.165) is 12.8 Å². The van der Waals surface area contributed by atoms with Gasteiger partial charge in [0.1, 0.15) is 0 Å². The van der Waals surface area contributed by atoms with E-state index in [0.29, 0.717) is 12.8 Å². The Morgan fingerprint density at radius 1 is 0.214 bits per heavy atom. The third-order valence-electron chi connectivity index (χ3n) is 10.4. The highest BCUT2D eigenvalue weighted by molar-refractivity contribution is 6.26. The minimum Gasteiger partial charge on any atom is -0.478 e. The van der Waals surface area contributed by atoms with Crippen molar-refractivity contribution in [2.24, 2.45) is 0 Å². The number of hydrogen-bond acceptors (Lipinski definition) is 22. The summed E-state index contributed by atoms with van der Waals surface area (Å²) in [6, 6.07) is 0. The van der Waals surface area contributed by atoms with Crippen LogP contribution in [-0.4, -0.2) is 205 Å². The van der Waals surface area contributed by atoms with Gasteiger partial charge >= 0.3 is 107 Å². The highest BCUT2D eigenvalue weighted by atomic mass is 16.5. The summed E-state index contributed by atoms with van der Waals surface area (Å²) in [7, 11) is 0. The van der Waals surface area contributed by atoms with Crippen molar-refractivity contribution in [1.82, 2.24) is 0 Å². The van der Waals surface area contributed by atoms with Crippen LogP contribution < -0.4 is 0 Å². The van der Waals surface area contributed by atoms with E-state index in [9.17, 15) is 148 Å². The Morgan fingerprint density at radius 3 is 0.500 bits per heavy atom. The third kappa shape index (κ3) is 15.3. The number of carbonyl (C=O) groups excluding carboxylic acids is 4. The van der Waals surface area contributed by atoms with Gasteiger partial charge in [0.15, 0.2) is 0 Å². The van der Waals surface area contributed by atoms with Crippen molar-refractivity contribution >= 4 is 107 Å². The van der Waals surface area contributed by atoms with E-state index < -0.39 is 208 Å². The SMILES string of the molecule is CCCCCCOC(=O)c1c(C(=O)O)c(C(=O)O)c(C(=O)O)c(C(=O)O)c1C(=O)OCC.CCOC(=O)c1c(C(=O)O)c(C(=O)O)c(C(=O)O)c(C(=O)O)c1C(=O)O.CCOC(=O)c1c(C(=O)O)c(C(=O)O)c(C(=O)O)c(C(=O)O)c1C(=O)O. The van der Waals surface area contributed by atoms with Crippen molar-refractivity contribution in [3.8, 4) is 0 Å². The number of benzene rings is 3. The quantitative estimate of drug-likeness (QED) is 0.0312. The van der Waals surface area contributed by atoms with Crippen molar-refractivity contribution in [3.05, 3.63) is 100 Å². The molecule has 0 unspecified atom stereocenters. The normalized spacial score (nSPS) is 10.1. The lowest BCUT2D eigenvalue weighted by Gasteiger charge is -2.18. The minimum absolute atomic E-state index is 0.231. The van der Waals surface area contributed by atoms with E-state index in [4.69, 9.17) is 19.7 Å². The molecule has 0 spiro atoms. The first-order chi connectivity index (χ1) is 38.9. The molecule has 0 amide bonds. The molecule has 0 radical (unpaired) electrons. The lowest BCUT2D eigenvalue weighted by Crippen LogP contribution is -2.29. The molecule has 3 aromatic rings. The average Bonchev–Trinajstić information content (AvgIpc) is 3.25. The van der Waals surface area contributed by atoms with Crippen LogP contribution in [0.15, 0.2) is 0 Å². The predicted octanol–water partition coefficient (Wildman–Crippen LogP) is 3.10. The summed E-state index contributed by atoms with van der Waals surface area (Å²) in [5.74, 6) is -36.5. The van der Waals surface area contributed by atoms with Gasteiger partial charge in [-0.25, -0.2) is 86.3 Å². The standard InChI is InChI=1S/C20H22O12.2C14H10O12/c1-3-5-6-7-8-32-20(30)14-12(18(27)28)10(16(23)24)9(15(21)22)11(17(25)26)13(14)19(29)31-4-2;2*1-2-26-14(25)8-6(12(21)22)4(10(17)18)3(9(15)16)5(11(19)20)7(8)13(23)24/h3-8H2,1-2H3,(H,21,22)(H,23,24)(H,25,26)(H,27,28);2*2H2,1H3,(H,15,16)(H,17,18)(H,19,20)(H,21,22)(H,23,24). The van der Waals surface area contributed by atoms with E-state index in [1.54, 1.807) is 0 Å². The van der Waals surface area contributed by atoms with Gasteiger partial charge in [0.2, 0.25) is 0 Å². The molecule has 0 aromatic heterocycles. The average molecular weight is 1190 g/mol. The maximum atomic E-state index is 12.7. The zero-order valence-electron chi connectivity index (χ0n) is 42.9. The van der Waals surface area contributed by atoms with Crippen LogP contribution in [0.2, 0.25) is 0 Å². The number of esters is 4. The summed E-state index contributed by atoms with van der Waals surface area (Å²) in [5.41, 5.74) is -26.4. The van der Waals surface area contributed by atoms with Crippen LogP contribution >= 0.6 is 0 Å². The van der Waals surface area contributed by atoms with E-state index in [2.05, 4.69) is 9.47 Å². The van der Waals surface area contributed by atoms with Crippen LogP contribution in [0.1, 0.15) is 240 Å². The van der Waals surface area contributed by atoms with Crippen molar-refractivity contribution < 1.29 is 177 Å². The van der Waals surface area contributed by atoms with Gasteiger partial charge in [-0.3, -0.25) is 0 Å². The van der Waals surface area contributed by atoms with E-state index >= 15 is 0 Å². The molecule has 0 saturated heterocycles. The molecule has 0 heterocycles. The Bertz CT molecular complexity index is 3140. The molecule has 36 heteroatoms. The first-order valence-corrected chi connectivity index (χ1v) is 22.6. The first-order valence-electron chi connectivity index (χ1n) is 22.6. The minimum atomic E-state index is -2.21. The Morgan fingerprint density at radius 2 is 0.357 bits per heavy atom. The summed E-state index contributed by atoms with van der Waals surface area (Å²) in [6.45, 7) is 4.44. The molecule has 3 aromatic carbocycles. The first kappa shape index (κ1) is 70.1. The summed E-state index contributed by atoms with van der Waals surface area (Å²) < 4.78 is 18.6. The fraction of sp³-hybridized carbons (Fsp3) is 0.250. The number of hydrogen-bond donors (Lipinski definition) is 14. The molecule has 450 valence electrons. The molecule has 0 aliphatic rings. The van der Waals surface area contributed by atoms with Gasteiger partial charge in [0, 0.05) is 0 Å². The van der Waals surface area contributed by atoms with Crippen LogP contribution in [0, 0.1) is 0 Å². The number of carboxylic acid groups (broad SMARTS) is 14. The molecule has 0 bridgehead atoms. The van der Waals surface area contributed by atoms with Crippen molar-refractivity contribution in [1.29, 1.82) is 0 Å². The van der Waals surface area contributed by atoms with Crippen LogP contribution in [0.5, 0.6) is 0 Å². The summed E-state index contributed by atoms with van der Waals surface area (Å²) in [6.07, 6.45) is 2.69. The second kappa shape index (κ2) is 29.9. The molecule has 3 rings (SSSR count). The molecule has 0 aliphatic carbocycles. The van der Waals surface area contributed by atoms with Gasteiger partial charge < -0.3 is 90.4 Å². The summed E-state index contributed by atoms with van der Waals surface area (Å²) >= 11 is 0. The van der Waals surface area contributed by atoms with Crippen LogP contribution in [-0.2, 0) is 18.9 Å². The van der Waals surface area contributed by atoms with Crippen molar-refractivity contribution in [2.45, 2.75) is 53.4 Å². The molecule has 0 aliphatic heterocycles. The van der Waals surface area contributed by atoms with E-state index in [1.165, 1.54) is 20.8 Å². The highest BCUT2D eigenvalue weighted by Crippen LogP contribution is 2.34. The van der Waals surface area contributed by atoms with Crippen LogP contribution in [0.25, 0.3) is 0 Å². The lowest BCUT2D eigenvalue weighted by molar-refractivity contribution is 0.0450. The molecule has 0 saturated carbocycles. The van der Waals surface area contributed by atoms with Crippen molar-refractivity contribution in [2.75, 3.05) is 26.4 Å². The smallest absolute Gasteiger partial charge is 0.339 e. The second-order valence-electron chi connectivity index (χ2n) is 15.4. The van der Waals surface area contributed by atoms with Gasteiger partial charge in [0.05, 0.1) is 127 Å². The zero-order valence-corrected chi connectivity index (χ0v) is 42.9. The molecule has 84 heavy (non-hydrogen) atoms. The van der Waals surface area contributed by atoms with Gasteiger partial charge in [-0.05, 0) is 27.2 Å². The van der Waals surface area contributed by atoms with Crippen molar-refractivity contribution in [3.63, 3.8) is 0 Å². The van der Waals surface area contributed by atoms with E-state index in [-0.39, 0.29) is 26.4 Å². The molecule has 14 N–H and O–H groups in total. The second-order valence-corrected chi connectivity index (χ2v) is 15.4. The summed E-state index contributed by atoms with van der Waals surface area (Å²) in [4.78, 5) is 211. The van der Waals surface area contributed by atoms with Gasteiger partial charge in [0.25, 0.3) is 0 Å². The maximum Gasteiger partial charge on any atom is 0.339 e. The topological polar surface area (TPSA) is 627 Å². The number of unbranched alkanes of at least 4 members (excludes halogenated alkanes) is 3. The fourth-order valence-corrected chi connectivity index (χ4v) is 7.44. The van der Waals surface area contributed by atoms with Crippen LogP contribution in [0.3, 0.4) is 0 Å². The highest BCUT2D eigenvalue weighted by Gasteiger charge is 2.44. The number of ether oxygens (including phenoxy) is 4. The monoisotopic (exact) mass is 1190 g/mol. The Kier molecular flexibility index (Phi) is 25.0. The largest absolute Gasteiger partial charge is 0.478 e. The Balaban J connectivity index is 0.000000635. The molecule has 0 fully saturated rings. The molecular weight excluding hydrogens is 1150 g/mol. The Hall–Kier alpha value is -11.9. The maximum absolute atomic E-state index is 12.7. The summed E-state index contributed by atoms with van der Waals surface area (Å²) in [5, 5.41) is 130. The predicted molar refractivity (Wildman–Crippen MR) is 259 cm³/mol. The van der Waals surface area contributed by atoms with Gasteiger partial charge in [-0.2, -0.15) is 0 Å². The lowest BCUT2D eigenvalue weighted by atomic mass is 9.86. The molecule has 0 atom stereocenters. The number of rotatable bonds is 26. The van der Waals surface area contributed by atoms with E-state index in [1.807, 2.05) is 6.92 Å². The number of carboxylic acids is 14. The fourth-order valence-electron chi connectivity index (χ4n) is 7.44. The molecular formula is C48H42O36. The third-order valence-corrected chi connectivity index (χ3v) is 10.4. The number of carbonyl (C=O) groups is 18. The number of aromatic carboxylic acids is 14.